The molecule has 6 nitrogen and oxygen atoms in total. The second-order valence-electron chi connectivity index (χ2n) is 7.15. The second kappa shape index (κ2) is 6.46. The molecule has 1 aromatic carbocycles. The van der Waals surface area contributed by atoms with Gasteiger partial charge in [-0.25, -0.2) is 0 Å². The maximum Gasteiger partial charge on any atom is 0.253 e. The molecule has 0 spiro atoms. The van der Waals surface area contributed by atoms with E-state index in [1.54, 1.807) is 24.3 Å². The van der Waals surface area contributed by atoms with Gasteiger partial charge in [0.05, 0.1) is 0 Å². The van der Waals surface area contributed by atoms with Crippen LogP contribution in [0, 0.1) is 5.92 Å². The molecule has 3 fully saturated rings. The zero-order valence-corrected chi connectivity index (χ0v) is 14.3. The third-order valence-electron chi connectivity index (χ3n) is 5.42. The van der Waals surface area contributed by atoms with Gasteiger partial charge in [-0.15, -0.1) is 0 Å². The number of hydrogen-bond donors (Lipinski definition) is 1. The van der Waals surface area contributed by atoms with Crippen LogP contribution in [0.4, 0.5) is 5.69 Å². The molecule has 24 heavy (non-hydrogen) atoms. The van der Waals surface area contributed by atoms with Crippen molar-refractivity contribution < 1.29 is 13.6 Å². The van der Waals surface area contributed by atoms with Gasteiger partial charge >= 0.3 is 0 Å². The van der Waals surface area contributed by atoms with Crippen LogP contribution in [0.15, 0.2) is 24.3 Å². The van der Waals surface area contributed by atoms with Gasteiger partial charge < -0.3 is 14.2 Å². The van der Waals surface area contributed by atoms with Crippen molar-refractivity contribution in [1.82, 2.24) is 9.80 Å². The minimum atomic E-state index is -2.34. The summed E-state index contributed by atoms with van der Waals surface area (Å²) in [5.41, 5.74) is 1.08. The molecule has 2 saturated heterocycles. The Hall–Kier alpha value is -1.44. The number of carbonyl (C=O) groups excluding carboxylic acids is 1. The number of nitrogens with zero attached hydrogens (tertiary/aromatic N) is 2. The van der Waals surface area contributed by atoms with Crippen LogP contribution in [0.25, 0.3) is 0 Å². The quantitative estimate of drug-likeness (QED) is 0.820. The highest BCUT2D eigenvalue weighted by Crippen LogP contribution is 2.37. The normalized spacial score (nSPS) is 28.0. The Balaban J connectivity index is 1.41. The summed E-state index contributed by atoms with van der Waals surface area (Å²) in [5.74, 6) is 0.940. The number of amides is 1. The monoisotopic (exact) mass is 348 g/mol. The molecular weight excluding hydrogens is 326 g/mol. The van der Waals surface area contributed by atoms with Crippen molar-refractivity contribution in [3.8, 4) is 0 Å². The number of piperazine rings is 1. The van der Waals surface area contributed by atoms with Crippen LogP contribution >= 0.6 is 0 Å². The molecule has 1 aromatic rings. The summed E-state index contributed by atoms with van der Waals surface area (Å²) in [7, 11) is 0. The number of rotatable bonds is 5. The fourth-order valence-electron chi connectivity index (χ4n) is 4.01. The first-order valence-electron chi connectivity index (χ1n) is 8.61. The lowest BCUT2D eigenvalue weighted by Crippen LogP contribution is -2.55. The third kappa shape index (κ3) is 3.34. The summed E-state index contributed by atoms with van der Waals surface area (Å²) < 4.78 is 23.6. The van der Waals surface area contributed by atoms with Gasteiger partial charge in [-0.3, -0.25) is 13.9 Å². The van der Waals surface area contributed by atoms with Crippen LogP contribution in [-0.2, 0) is 11.3 Å². The lowest BCUT2D eigenvalue weighted by molar-refractivity contribution is 0.0435. The van der Waals surface area contributed by atoms with Crippen LogP contribution in [0.2, 0.25) is 0 Å². The molecular formula is C17H22N3O3S-. The summed E-state index contributed by atoms with van der Waals surface area (Å²) in [6.45, 7) is 2.84. The molecule has 4 rings (SSSR count). The van der Waals surface area contributed by atoms with Crippen molar-refractivity contribution in [2.45, 2.75) is 37.8 Å². The van der Waals surface area contributed by atoms with Gasteiger partial charge in [0.2, 0.25) is 0 Å². The van der Waals surface area contributed by atoms with Crippen molar-refractivity contribution in [2.75, 3.05) is 24.4 Å². The average molecular weight is 348 g/mol. The molecule has 1 aliphatic carbocycles. The highest BCUT2D eigenvalue weighted by atomic mass is 32.2. The lowest BCUT2D eigenvalue weighted by atomic mass is 10.1. The molecule has 2 aliphatic heterocycles. The maximum atomic E-state index is 12.8. The Labute approximate surface area is 144 Å². The number of carbonyl (C=O) groups is 1. The van der Waals surface area contributed by atoms with Gasteiger partial charge in [-0.2, -0.15) is 0 Å². The molecule has 7 heteroatoms. The van der Waals surface area contributed by atoms with E-state index >= 15 is 0 Å². The van der Waals surface area contributed by atoms with E-state index in [1.807, 2.05) is 4.90 Å². The van der Waals surface area contributed by atoms with E-state index in [9.17, 15) is 13.6 Å². The van der Waals surface area contributed by atoms with Crippen LogP contribution in [0.5, 0.6) is 0 Å². The van der Waals surface area contributed by atoms with E-state index in [1.165, 1.54) is 32.2 Å². The Kier molecular flexibility index (Phi) is 4.32. The van der Waals surface area contributed by atoms with Crippen LogP contribution in [-0.4, -0.2) is 56.2 Å². The van der Waals surface area contributed by atoms with Gasteiger partial charge in [0.15, 0.2) is 0 Å². The standard InChI is InChI=1S/C17H23N3O3S/c21-17(13-3-5-14(6-4-13)18-24(22)23)19-10-15-7-8-16(11-19)20(15)9-12-1-2-12/h3-6,12,15-16,18H,1-2,7-11H2,(H,22,23)/p-1. The van der Waals surface area contributed by atoms with Crippen molar-refractivity contribution in [1.29, 1.82) is 0 Å². The lowest BCUT2D eigenvalue weighted by Gasteiger charge is -2.41. The van der Waals surface area contributed by atoms with Crippen LogP contribution < -0.4 is 4.72 Å². The molecule has 3 unspecified atom stereocenters. The summed E-state index contributed by atoms with van der Waals surface area (Å²) in [6.07, 6.45) is 5.12. The Morgan fingerprint density at radius 3 is 2.29 bits per heavy atom. The molecule has 2 bridgehead atoms. The fraction of sp³-hybridized carbons (Fsp3) is 0.588. The third-order valence-corrected chi connectivity index (χ3v) is 5.82. The first-order valence-corrected chi connectivity index (χ1v) is 9.68. The number of benzene rings is 1. The van der Waals surface area contributed by atoms with E-state index in [0.29, 0.717) is 23.3 Å². The Morgan fingerprint density at radius 1 is 1.12 bits per heavy atom. The summed E-state index contributed by atoms with van der Waals surface area (Å²) in [4.78, 5) is 17.4. The largest absolute Gasteiger partial charge is 0.755 e. The Morgan fingerprint density at radius 2 is 1.75 bits per heavy atom. The van der Waals surface area contributed by atoms with Gasteiger partial charge in [-0.1, -0.05) is 0 Å². The van der Waals surface area contributed by atoms with E-state index < -0.39 is 11.3 Å². The van der Waals surface area contributed by atoms with Crippen molar-refractivity contribution in [3.63, 3.8) is 0 Å². The van der Waals surface area contributed by atoms with Crippen molar-refractivity contribution in [3.05, 3.63) is 29.8 Å². The second-order valence-corrected chi connectivity index (χ2v) is 7.82. The summed E-state index contributed by atoms with van der Waals surface area (Å²) in [6, 6.07) is 7.66. The van der Waals surface area contributed by atoms with Gasteiger partial charge in [0, 0.05) is 54.2 Å². The van der Waals surface area contributed by atoms with E-state index in [0.717, 1.165) is 19.0 Å². The number of likely N-dealkylation sites (tertiary alicyclic amines) is 1. The molecule has 3 aliphatic rings. The first-order chi connectivity index (χ1) is 11.6. The number of hydrogen-bond acceptors (Lipinski definition) is 4. The summed E-state index contributed by atoms with van der Waals surface area (Å²) >= 11 is -2.34. The molecule has 1 saturated carbocycles. The topological polar surface area (TPSA) is 75.7 Å². The zero-order chi connectivity index (χ0) is 16.7. The number of anilines is 1. The minimum Gasteiger partial charge on any atom is -0.755 e. The predicted molar refractivity (Wildman–Crippen MR) is 91.1 cm³/mol. The van der Waals surface area contributed by atoms with Crippen LogP contribution in [0.1, 0.15) is 36.0 Å². The summed E-state index contributed by atoms with van der Waals surface area (Å²) in [5, 5.41) is 0. The molecule has 2 heterocycles. The van der Waals surface area contributed by atoms with Crippen molar-refractivity contribution in [2.24, 2.45) is 5.92 Å². The van der Waals surface area contributed by atoms with Gasteiger partial charge in [-0.05, 0) is 55.9 Å². The predicted octanol–water partition coefficient (Wildman–Crippen LogP) is 1.59. The maximum absolute atomic E-state index is 12.8. The molecule has 3 atom stereocenters. The average Bonchev–Trinajstić information content (AvgIpc) is 3.33. The van der Waals surface area contributed by atoms with E-state index in [-0.39, 0.29) is 5.91 Å². The SMILES string of the molecule is O=C(c1ccc(NS(=O)[O-])cc1)N1CC2CCC(C1)N2CC1CC1. The number of fused-ring (bicyclic) bond motifs is 2. The highest BCUT2D eigenvalue weighted by molar-refractivity contribution is 7.80. The smallest absolute Gasteiger partial charge is 0.253 e. The van der Waals surface area contributed by atoms with Gasteiger partial charge in [0.25, 0.3) is 5.91 Å². The minimum absolute atomic E-state index is 0.0489. The van der Waals surface area contributed by atoms with Gasteiger partial charge in [0.1, 0.15) is 0 Å². The highest BCUT2D eigenvalue weighted by Gasteiger charge is 2.43. The zero-order valence-electron chi connectivity index (χ0n) is 13.5. The van der Waals surface area contributed by atoms with E-state index in [2.05, 4.69) is 9.62 Å². The molecule has 1 N–H and O–H groups in total. The molecule has 1 amide bonds. The molecule has 0 aromatic heterocycles. The molecule has 130 valence electrons. The number of nitrogens with one attached hydrogen (secondary N) is 1. The Bertz CT molecular complexity index is 633. The van der Waals surface area contributed by atoms with E-state index in [4.69, 9.17) is 0 Å². The van der Waals surface area contributed by atoms with Crippen molar-refractivity contribution >= 4 is 22.9 Å². The first kappa shape index (κ1) is 16.1. The van der Waals surface area contributed by atoms with Crippen LogP contribution in [0.3, 0.4) is 0 Å². The fourth-order valence-corrected chi connectivity index (χ4v) is 4.34. The molecule has 0 radical (unpaired) electrons.